The SMILES string of the molecule is O=C(/C=C/c1cnn(Cc2ccccc2)c1)c1ccccc1. The maximum Gasteiger partial charge on any atom is 0.185 e. The quantitative estimate of drug-likeness (QED) is 0.528. The highest BCUT2D eigenvalue weighted by atomic mass is 16.1. The smallest absolute Gasteiger partial charge is 0.185 e. The van der Waals surface area contributed by atoms with Gasteiger partial charge >= 0.3 is 0 Å². The van der Waals surface area contributed by atoms with Gasteiger partial charge in [0.05, 0.1) is 12.7 Å². The van der Waals surface area contributed by atoms with Crippen molar-refractivity contribution in [1.82, 2.24) is 9.78 Å². The molecule has 1 aromatic heterocycles. The molecular formula is C19H16N2O. The number of hydrogen-bond donors (Lipinski definition) is 0. The Morgan fingerprint density at radius 2 is 1.68 bits per heavy atom. The molecule has 0 amide bonds. The fourth-order valence-corrected chi connectivity index (χ4v) is 2.19. The standard InChI is InChI=1S/C19H16N2O/c22-19(18-9-5-2-6-10-18)12-11-17-13-20-21(15-17)14-16-7-3-1-4-8-16/h1-13,15H,14H2/b12-11+. The second-order valence-corrected chi connectivity index (χ2v) is 5.02. The van der Waals surface area contributed by atoms with E-state index in [0.29, 0.717) is 5.56 Å². The van der Waals surface area contributed by atoms with Gasteiger partial charge in [0.2, 0.25) is 0 Å². The van der Waals surface area contributed by atoms with Crippen LogP contribution in [0, 0.1) is 0 Å². The van der Waals surface area contributed by atoms with Crippen molar-refractivity contribution < 1.29 is 4.79 Å². The normalized spacial score (nSPS) is 10.9. The van der Waals surface area contributed by atoms with Crippen molar-refractivity contribution in [2.45, 2.75) is 6.54 Å². The summed E-state index contributed by atoms with van der Waals surface area (Å²) in [6.07, 6.45) is 7.07. The summed E-state index contributed by atoms with van der Waals surface area (Å²) in [5, 5.41) is 4.32. The number of carbonyl (C=O) groups excluding carboxylic acids is 1. The van der Waals surface area contributed by atoms with Gasteiger partial charge in [-0.3, -0.25) is 9.48 Å². The third-order valence-electron chi connectivity index (χ3n) is 3.33. The van der Waals surface area contributed by atoms with Gasteiger partial charge in [-0.2, -0.15) is 5.10 Å². The molecule has 0 N–H and O–H groups in total. The zero-order chi connectivity index (χ0) is 15.2. The van der Waals surface area contributed by atoms with Gasteiger partial charge in [0.1, 0.15) is 0 Å². The summed E-state index contributed by atoms with van der Waals surface area (Å²) in [5.41, 5.74) is 2.80. The molecule has 1 heterocycles. The zero-order valence-electron chi connectivity index (χ0n) is 12.1. The van der Waals surface area contributed by atoms with Crippen molar-refractivity contribution in [2.75, 3.05) is 0 Å². The Hall–Kier alpha value is -2.94. The molecule has 3 heteroatoms. The summed E-state index contributed by atoms with van der Waals surface area (Å²) < 4.78 is 1.86. The molecule has 0 saturated heterocycles. The summed E-state index contributed by atoms with van der Waals surface area (Å²) in [4.78, 5) is 12.0. The lowest BCUT2D eigenvalue weighted by Gasteiger charge is -2.00. The van der Waals surface area contributed by atoms with E-state index in [4.69, 9.17) is 0 Å². The van der Waals surface area contributed by atoms with Crippen LogP contribution in [0.15, 0.2) is 79.1 Å². The topological polar surface area (TPSA) is 34.9 Å². The first-order chi connectivity index (χ1) is 10.8. The minimum Gasteiger partial charge on any atom is -0.289 e. The maximum atomic E-state index is 12.0. The highest BCUT2D eigenvalue weighted by molar-refractivity contribution is 6.06. The lowest BCUT2D eigenvalue weighted by molar-refractivity contribution is 0.104. The maximum absolute atomic E-state index is 12.0. The monoisotopic (exact) mass is 288 g/mol. The average Bonchev–Trinajstić information content (AvgIpc) is 3.02. The Kier molecular flexibility index (Phi) is 4.25. The lowest BCUT2D eigenvalue weighted by Crippen LogP contribution is -1.99. The van der Waals surface area contributed by atoms with Crippen LogP contribution in [0.4, 0.5) is 0 Å². The predicted molar refractivity (Wildman–Crippen MR) is 87.6 cm³/mol. The molecule has 0 fully saturated rings. The molecule has 2 aromatic carbocycles. The van der Waals surface area contributed by atoms with E-state index >= 15 is 0 Å². The van der Waals surface area contributed by atoms with E-state index in [0.717, 1.165) is 12.1 Å². The van der Waals surface area contributed by atoms with E-state index in [1.807, 2.05) is 59.4 Å². The van der Waals surface area contributed by atoms with Crippen molar-refractivity contribution in [3.05, 3.63) is 95.8 Å². The number of rotatable bonds is 5. The van der Waals surface area contributed by atoms with Crippen LogP contribution in [-0.2, 0) is 6.54 Å². The first-order valence-electron chi connectivity index (χ1n) is 7.15. The molecule has 0 spiro atoms. The van der Waals surface area contributed by atoms with Crippen molar-refractivity contribution in [3.8, 4) is 0 Å². The second-order valence-electron chi connectivity index (χ2n) is 5.02. The van der Waals surface area contributed by atoms with Crippen LogP contribution < -0.4 is 0 Å². The van der Waals surface area contributed by atoms with Crippen LogP contribution in [0.1, 0.15) is 21.5 Å². The Morgan fingerprint density at radius 1 is 1.00 bits per heavy atom. The highest BCUT2D eigenvalue weighted by Gasteiger charge is 2.01. The van der Waals surface area contributed by atoms with Crippen LogP contribution in [0.3, 0.4) is 0 Å². The predicted octanol–water partition coefficient (Wildman–Crippen LogP) is 3.83. The third kappa shape index (κ3) is 3.58. The number of ketones is 1. The minimum atomic E-state index is -0.00332. The first kappa shape index (κ1) is 14.0. The van der Waals surface area contributed by atoms with Crippen molar-refractivity contribution >= 4 is 11.9 Å². The molecule has 3 rings (SSSR count). The number of allylic oxidation sites excluding steroid dienone is 1. The van der Waals surface area contributed by atoms with E-state index in [-0.39, 0.29) is 5.78 Å². The number of nitrogens with zero attached hydrogens (tertiary/aromatic N) is 2. The van der Waals surface area contributed by atoms with Gasteiger partial charge in [-0.15, -0.1) is 0 Å². The Bertz CT molecular complexity index is 773. The molecule has 0 aliphatic heterocycles. The Labute approximate surface area is 129 Å². The third-order valence-corrected chi connectivity index (χ3v) is 3.33. The zero-order valence-corrected chi connectivity index (χ0v) is 12.1. The number of benzene rings is 2. The number of hydrogen-bond acceptors (Lipinski definition) is 2. The molecule has 0 saturated carbocycles. The van der Waals surface area contributed by atoms with Crippen molar-refractivity contribution in [2.24, 2.45) is 0 Å². The molecule has 0 radical (unpaired) electrons. The highest BCUT2D eigenvalue weighted by Crippen LogP contribution is 2.07. The van der Waals surface area contributed by atoms with Crippen molar-refractivity contribution in [1.29, 1.82) is 0 Å². The molecule has 3 aromatic rings. The van der Waals surface area contributed by atoms with Crippen molar-refractivity contribution in [3.63, 3.8) is 0 Å². The van der Waals surface area contributed by atoms with Crippen LogP contribution in [0.2, 0.25) is 0 Å². The second kappa shape index (κ2) is 6.68. The molecule has 0 unspecified atom stereocenters. The van der Waals surface area contributed by atoms with Gasteiger partial charge in [0, 0.05) is 17.3 Å². The Balaban J connectivity index is 1.67. The van der Waals surface area contributed by atoms with Crippen LogP contribution in [-0.4, -0.2) is 15.6 Å². The fraction of sp³-hybridized carbons (Fsp3) is 0.0526. The van der Waals surface area contributed by atoms with Gasteiger partial charge in [-0.1, -0.05) is 60.7 Å². The lowest BCUT2D eigenvalue weighted by atomic mass is 10.1. The van der Waals surface area contributed by atoms with Crippen LogP contribution in [0.5, 0.6) is 0 Å². The molecule has 108 valence electrons. The number of carbonyl (C=O) groups is 1. The summed E-state index contributed by atoms with van der Waals surface area (Å²) in [6, 6.07) is 19.4. The van der Waals surface area contributed by atoms with E-state index < -0.39 is 0 Å². The Morgan fingerprint density at radius 3 is 2.41 bits per heavy atom. The first-order valence-corrected chi connectivity index (χ1v) is 7.15. The molecule has 0 bridgehead atoms. The van der Waals surface area contributed by atoms with E-state index in [2.05, 4.69) is 17.2 Å². The van der Waals surface area contributed by atoms with Gasteiger partial charge in [-0.25, -0.2) is 0 Å². The van der Waals surface area contributed by atoms with E-state index in [1.165, 1.54) is 5.56 Å². The molecule has 3 nitrogen and oxygen atoms in total. The van der Waals surface area contributed by atoms with Crippen LogP contribution in [0.25, 0.3) is 6.08 Å². The van der Waals surface area contributed by atoms with Gasteiger partial charge in [0.25, 0.3) is 0 Å². The van der Waals surface area contributed by atoms with Gasteiger partial charge in [-0.05, 0) is 17.7 Å². The van der Waals surface area contributed by atoms with E-state index in [9.17, 15) is 4.79 Å². The van der Waals surface area contributed by atoms with Crippen LogP contribution >= 0.6 is 0 Å². The number of aromatic nitrogens is 2. The minimum absolute atomic E-state index is 0.00332. The van der Waals surface area contributed by atoms with E-state index in [1.54, 1.807) is 18.3 Å². The summed E-state index contributed by atoms with van der Waals surface area (Å²) in [6.45, 7) is 0.724. The molecule has 22 heavy (non-hydrogen) atoms. The van der Waals surface area contributed by atoms with Gasteiger partial charge in [0.15, 0.2) is 5.78 Å². The molecular weight excluding hydrogens is 272 g/mol. The molecule has 0 aliphatic rings. The summed E-state index contributed by atoms with van der Waals surface area (Å²) in [5.74, 6) is -0.00332. The molecule has 0 aliphatic carbocycles. The van der Waals surface area contributed by atoms with Gasteiger partial charge < -0.3 is 0 Å². The summed E-state index contributed by atoms with van der Waals surface area (Å²) >= 11 is 0. The largest absolute Gasteiger partial charge is 0.289 e. The fourth-order valence-electron chi connectivity index (χ4n) is 2.19. The average molecular weight is 288 g/mol. The summed E-state index contributed by atoms with van der Waals surface area (Å²) in [7, 11) is 0. The molecule has 0 atom stereocenters.